The summed E-state index contributed by atoms with van der Waals surface area (Å²) in [4.78, 5) is 0. The number of ether oxygens (including phenoxy) is 2. The Kier molecular flexibility index (Phi) is 15.7. The van der Waals surface area contributed by atoms with Crippen molar-refractivity contribution in [2.24, 2.45) is 0 Å². The minimum Gasteiger partial charge on any atom is -0.389 e. The third kappa shape index (κ3) is 11.6. The van der Waals surface area contributed by atoms with Gasteiger partial charge in [-0.1, -0.05) is 65.2 Å². The van der Waals surface area contributed by atoms with Gasteiger partial charge in [0.1, 0.15) is 0 Å². The molecule has 0 aromatic rings. The highest BCUT2D eigenvalue weighted by atomic mass is 16.6. The summed E-state index contributed by atoms with van der Waals surface area (Å²) < 4.78 is 12.3. The highest BCUT2D eigenvalue weighted by molar-refractivity contribution is 5.03. The Morgan fingerprint density at radius 1 is 0.588 bits per heavy atom. The molecule has 2 rings (SSSR count). The van der Waals surface area contributed by atoms with E-state index in [1.165, 1.54) is 51.4 Å². The van der Waals surface area contributed by atoms with Crippen molar-refractivity contribution in [3.63, 3.8) is 0 Å². The van der Waals surface area contributed by atoms with Crippen molar-refractivity contribution >= 4 is 0 Å². The summed E-state index contributed by atoms with van der Waals surface area (Å²) in [6, 6.07) is 0. The lowest BCUT2D eigenvalue weighted by molar-refractivity contribution is -0.107. The van der Waals surface area contributed by atoms with Crippen LogP contribution < -0.4 is 0 Å². The molecule has 194 valence electrons. The lowest BCUT2D eigenvalue weighted by atomic mass is 10.0. The minimum absolute atomic E-state index is 0.0116. The van der Waals surface area contributed by atoms with E-state index < -0.39 is 12.2 Å². The number of rotatable bonds is 15. The van der Waals surface area contributed by atoms with Crippen LogP contribution in [-0.4, -0.2) is 46.8 Å². The highest BCUT2D eigenvalue weighted by Gasteiger charge is 2.40. The van der Waals surface area contributed by atoms with Gasteiger partial charge >= 0.3 is 0 Å². The van der Waals surface area contributed by atoms with E-state index >= 15 is 0 Å². The normalized spacial score (nSPS) is 25.9. The zero-order valence-electron chi connectivity index (χ0n) is 21.9. The van der Waals surface area contributed by atoms with E-state index in [9.17, 15) is 10.2 Å². The molecule has 0 unspecified atom stereocenters. The van der Waals surface area contributed by atoms with Crippen LogP contribution in [0, 0.1) is 23.7 Å². The first-order valence-electron chi connectivity index (χ1n) is 14.2. The molecule has 2 N–H and O–H groups in total. The summed E-state index contributed by atoms with van der Waals surface area (Å²) in [5.41, 5.74) is 0. The van der Waals surface area contributed by atoms with Gasteiger partial charge in [-0.15, -0.1) is 23.7 Å². The molecule has 2 heterocycles. The van der Waals surface area contributed by atoms with E-state index in [2.05, 4.69) is 37.5 Å². The van der Waals surface area contributed by atoms with Crippen molar-refractivity contribution in [2.75, 3.05) is 0 Å². The van der Waals surface area contributed by atoms with Crippen LogP contribution in [0.5, 0.6) is 0 Å². The van der Waals surface area contributed by atoms with Crippen molar-refractivity contribution in [1.29, 1.82) is 0 Å². The van der Waals surface area contributed by atoms with E-state index in [0.717, 1.165) is 51.4 Å². The van der Waals surface area contributed by atoms with Crippen LogP contribution in [0.3, 0.4) is 0 Å². The summed E-state index contributed by atoms with van der Waals surface area (Å²) in [6.45, 7) is 4.45. The maximum absolute atomic E-state index is 10.5. The third-order valence-electron chi connectivity index (χ3n) is 7.13. The van der Waals surface area contributed by atoms with Gasteiger partial charge in [0, 0.05) is 25.7 Å². The quantitative estimate of drug-likeness (QED) is 0.216. The molecule has 0 aliphatic carbocycles. The Morgan fingerprint density at radius 3 is 1.41 bits per heavy atom. The Morgan fingerprint density at radius 2 is 1.00 bits per heavy atom. The van der Waals surface area contributed by atoms with Gasteiger partial charge in [-0.3, -0.25) is 0 Å². The van der Waals surface area contributed by atoms with E-state index in [1.807, 2.05) is 0 Å². The first-order valence-corrected chi connectivity index (χ1v) is 14.2. The number of aliphatic hydroxyl groups is 2. The molecule has 2 aliphatic rings. The Hall–Kier alpha value is -1.04. The summed E-state index contributed by atoms with van der Waals surface area (Å²) in [5, 5.41) is 21.0. The predicted molar refractivity (Wildman–Crippen MR) is 139 cm³/mol. The Balaban J connectivity index is 1.59. The molecule has 0 saturated carbocycles. The number of aliphatic hydroxyl groups excluding tert-OH is 2. The van der Waals surface area contributed by atoms with Gasteiger partial charge in [-0.25, -0.2) is 0 Å². The molecule has 0 bridgehead atoms. The molecule has 34 heavy (non-hydrogen) atoms. The molecule has 0 amide bonds. The first-order chi connectivity index (χ1) is 16.7. The van der Waals surface area contributed by atoms with Crippen molar-refractivity contribution in [3.8, 4) is 23.7 Å². The highest BCUT2D eigenvalue weighted by Crippen LogP contribution is 2.34. The molecule has 0 aromatic heterocycles. The number of hydrogen-bond acceptors (Lipinski definition) is 4. The fraction of sp³-hybridized carbons (Fsp3) is 0.867. The summed E-state index contributed by atoms with van der Waals surface area (Å²) in [7, 11) is 0. The second-order valence-corrected chi connectivity index (χ2v) is 10.2. The zero-order chi connectivity index (χ0) is 24.4. The van der Waals surface area contributed by atoms with E-state index in [4.69, 9.17) is 9.47 Å². The van der Waals surface area contributed by atoms with E-state index in [0.29, 0.717) is 12.8 Å². The van der Waals surface area contributed by atoms with Crippen molar-refractivity contribution < 1.29 is 19.7 Å². The monoisotopic (exact) mass is 474 g/mol. The SMILES string of the molecule is CCCCCCCC#CC[C@@H](O)[C@H]1CC[C@H]([C@H]2CC[C@H]([C@H](O)CC#CCCCCCCC)O2)O1. The largest absolute Gasteiger partial charge is 0.389 e. The van der Waals surface area contributed by atoms with Crippen LogP contribution in [0.1, 0.15) is 129 Å². The number of unbranched alkanes of at least 4 members (excludes halogenated alkanes) is 10. The van der Waals surface area contributed by atoms with Crippen LogP contribution in [-0.2, 0) is 9.47 Å². The summed E-state index contributed by atoms with van der Waals surface area (Å²) in [6.07, 6.45) is 17.5. The molecule has 2 fully saturated rings. The van der Waals surface area contributed by atoms with Crippen molar-refractivity contribution in [3.05, 3.63) is 0 Å². The molecular weight excluding hydrogens is 424 g/mol. The molecular formula is C30H50O4. The average molecular weight is 475 g/mol. The van der Waals surface area contributed by atoms with E-state index in [-0.39, 0.29) is 24.4 Å². The summed E-state index contributed by atoms with van der Waals surface area (Å²) >= 11 is 0. The third-order valence-corrected chi connectivity index (χ3v) is 7.13. The molecule has 0 aromatic carbocycles. The fourth-order valence-electron chi connectivity index (χ4n) is 4.92. The van der Waals surface area contributed by atoms with Gasteiger partial charge in [-0.05, 0) is 38.5 Å². The van der Waals surface area contributed by atoms with Crippen molar-refractivity contribution in [1.82, 2.24) is 0 Å². The van der Waals surface area contributed by atoms with Gasteiger partial charge in [0.15, 0.2) is 0 Å². The van der Waals surface area contributed by atoms with Gasteiger partial charge < -0.3 is 19.7 Å². The molecule has 4 heteroatoms. The maximum atomic E-state index is 10.5. The first kappa shape index (κ1) is 29.2. The Labute approximate surface area is 209 Å². The average Bonchev–Trinajstić information content (AvgIpc) is 3.52. The van der Waals surface area contributed by atoms with E-state index in [1.54, 1.807) is 0 Å². The second-order valence-electron chi connectivity index (χ2n) is 10.2. The van der Waals surface area contributed by atoms with Crippen LogP contribution >= 0.6 is 0 Å². The van der Waals surface area contributed by atoms with Gasteiger partial charge in [0.25, 0.3) is 0 Å². The maximum Gasteiger partial charge on any atom is 0.0910 e. The Bertz CT molecular complexity index is 584. The van der Waals surface area contributed by atoms with Crippen molar-refractivity contribution in [2.45, 2.75) is 166 Å². The fourth-order valence-corrected chi connectivity index (χ4v) is 4.92. The molecule has 6 atom stereocenters. The molecule has 0 spiro atoms. The van der Waals surface area contributed by atoms with Crippen LogP contribution in [0.15, 0.2) is 0 Å². The smallest absolute Gasteiger partial charge is 0.0910 e. The zero-order valence-corrected chi connectivity index (χ0v) is 21.9. The topological polar surface area (TPSA) is 58.9 Å². The standard InChI is InChI=1S/C30H50O4/c1-3-5-7-9-11-13-15-17-19-25(31)27-21-23-29(33-27)30-24-22-28(34-30)26(32)20-18-16-14-12-10-8-6-4-2/h25-32H,3-14,19-24H2,1-2H3/t25-,26-,27-,28-,29-,30-/m1/s1. The second kappa shape index (κ2) is 18.3. The van der Waals surface area contributed by atoms with Crippen LogP contribution in [0.2, 0.25) is 0 Å². The predicted octanol–water partition coefficient (Wildman–Crippen LogP) is 6.31. The van der Waals surface area contributed by atoms with Gasteiger partial charge in [-0.2, -0.15) is 0 Å². The lowest BCUT2D eigenvalue weighted by Crippen LogP contribution is -2.33. The van der Waals surface area contributed by atoms with Crippen LogP contribution in [0.4, 0.5) is 0 Å². The number of hydrogen-bond donors (Lipinski definition) is 2. The molecule has 4 nitrogen and oxygen atoms in total. The minimum atomic E-state index is -0.530. The molecule has 2 aliphatic heterocycles. The molecule has 0 radical (unpaired) electrons. The summed E-state index contributed by atoms with van der Waals surface area (Å²) in [5.74, 6) is 12.7. The van der Waals surface area contributed by atoms with Crippen LogP contribution in [0.25, 0.3) is 0 Å². The lowest BCUT2D eigenvalue weighted by Gasteiger charge is -2.23. The molecule has 2 saturated heterocycles. The van der Waals surface area contributed by atoms with Gasteiger partial charge in [0.05, 0.1) is 36.6 Å². The van der Waals surface area contributed by atoms with Gasteiger partial charge in [0.2, 0.25) is 0 Å².